The van der Waals surface area contributed by atoms with Gasteiger partial charge in [0.25, 0.3) is 0 Å². The highest BCUT2D eigenvalue weighted by Gasteiger charge is 2.39. The van der Waals surface area contributed by atoms with E-state index in [4.69, 9.17) is 9.47 Å². The quantitative estimate of drug-likeness (QED) is 0.852. The Hall–Kier alpha value is -0.850. The Kier molecular flexibility index (Phi) is 6.00. The highest BCUT2D eigenvalue weighted by Crippen LogP contribution is 2.34. The van der Waals surface area contributed by atoms with Crippen LogP contribution in [0.15, 0.2) is 0 Å². The van der Waals surface area contributed by atoms with Crippen LogP contribution in [0, 0.1) is 0 Å². The number of hydrogen-bond acceptors (Lipinski definition) is 4. The van der Waals surface area contributed by atoms with E-state index >= 15 is 0 Å². The van der Waals surface area contributed by atoms with E-state index in [-0.39, 0.29) is 23.8 Å². The second-order valence-electron chi connectivity index (χ2n) is 7.71. The molecule has 1 aliphatic carbocycles. The van der Waals surface area contributed by atoms with Gasteiger partial charge in [-0.1, -0.05) is 19.3 Å². The van der Waals surface area contributed by atoms with Gasteiger partial charge in [0, 0.05) is 38.3 Å². The highest BCUT2D eigenvalue weighted by atomic mass is 16.5. The molecule has 2 aliphatic heterocycles. The molecule has 138 valence electrons. The first-order valence-corrected chi connectivity index (χ1v) is 9.60. The highest BCUT2D eigenvalue weighted by molar-refractivity contribution is 5.74. The van der Waals surface area contributed by atoms with Gasteiger partial charge in [0.15, 0.2) is 0 Å². The number of nitrogens with one attached hydrogen (secondary N) is 1. The van der Waals surface area contributed by atoms with Crippen LogP contribution in [0.5, 0.6) is 0 Å². The Morgan fingerprint density at radius 3 is 2.33 bits per heavy atom. The maximum atomic E-state index is 12.7. The minimum Gasteiger partial charge on any atom is -0.379 e. The van der Waals surface area contributed by atoms with E-state index in [1.54, 1.807) is 0 Å². The van der Waals surface area contributed by atoms with Crippen molar-refractivity contribution in [1.29, 1.82) is 0 Å². The molecule has 2 atom stereocenters. The third kappa shape index (κ3) is 4.21. The average Bonchev–Trinajstić information content (AvgIpc) is 2.60. The molecule has 2 amide bonds. The Bertz CT molecular complexity index is 410. The lowest BCUT2D eigenvalue weighted by Crippen LogP contribution is -2.61. The molecule has 3 rings (SSSR count). The van der Waals surface area contributed by atoms with Gasteiger partial charge in [0.1, 0.15) is 0 Å². The van der Waals surface area contributed by atoms with Gasteiger partial charge in [0.05, 0.1) is 25.4 Å². The standard InChI is InChI=1S/C18H33N3O3/c1-15-12-20(13-16(2)24-15)17(22)19-14-18(6-4-3-5-7-18)21-8-10-23-11-9-21/h15-16H,3-14H2,1-2H3,(H,19,22)/t15-,16+. The molecular formula is C18H33N3O3. The Balaban J connectivity index is 1.59. The minimum atomic E-state index is 0.0650. The van der Waals surface area contributed by atoms with Crippen molar-refractivity contribution in [3.05, 3.63) is 0 Å². The summed E-state index contributed by atoms with van der Waals surface area (Å²) in [7, 11) is 0. The summed E-state index contributed by atoms with van der Waals surface area (Å²) >= 11 is 0. The number of carbonyl (C=O) groups excluding carboxylic acids is 1. The van der Waals surface area contributed by atoms with Crippen LogP contribution in [0.3, 0.4) is 0 Å². The zero-order chi connectivity index (χ0) is 17.0. The van der Waals surface area contributed by atoms with Crippen molar-refractivity contribution < 1.29 is 14.3 Å². The van der Waals surface area contributed by atoms with Crippen LogP contribution in [-0.4, -0.2) is 79.5 Å². The first-order valence-electron chi connectivity index (χ1n) is 9.60. The van der Waals surface area contributed by atoms with Crippen LogP contribution >= 0.6 is 0 Å². The van der Waals surface area contributed by atoms with Crippen LogP contribution in [0.1, 0.15) is 46.0 Å². The van der Waals surface area contributed by atoms with E-state index in [9.17, 15) is 4.79 Å². The number of hydrogen-bond donors (Lipinski definition) is 1. The van der Waals surface area contributed by atoms with Gasteiger partial charge in [-0.05, 0) is 26.7 Å². The van der Waals surface area contributed by atoms with Crippen molar-refractivity contribution >= 4 is 6.03 Å². The lowest BCUT2D eigenvalue weighted by atomic mass is 9.80. The van der Waals surface area contributed by atoms with Crippen LogP contribution in [-0.2, 0) is 9.47 Å². The average molecular weight is 339 g/mol. The van der Waals surface area contributed by atoms with E-state index in [2.05, 4.69) is 10.2 Å². The van der Waals surface area contributed by atoms with Crippen LogP contribution in [0.2, 0.25) is 0 Å². The van der Waals surface area contributed by atoms with Crippen molar-refractivity contribution in [2.75, 3.05) is 45.9 Å². The third-order valence-corrected chi connectivity index (χ3v) is 5.74. The maximum absolute atomic E-state index is 12.7. The van der Waals surface area contributed by atoms with E-state index in [0.29, 0.717) is 13.1 Å². The summed E-state index contributed by atoms with van der Waals surface area (Å²) in [5.41, 5.74) is 0.126. The number of carbonyl (C=O) groups is 1. The molecule has 3 aliphatic rings. The Labute approximate surface area is 145 Å². The molecule has 6 heteroatoms. The lowest BCUT2D eigenvalue weighted by Gasteiger charge is -2.48. The maximum Gasteiger partial charge on any atom is 0.317 e. The molecule has 3 fully saturated rings. The molecule has 2 heterocycles. The largest absolute Gasteiger partial charge is 0.379 e. The van der Waals surface area contributed by atoms with E-state index < -0.39 is 0 Å². The number of amides is 2. The lowest BCUT2D eigenvalue weighted by molar-refractivity contribution is -0.0563. The minimum absolute atomic E-state index is 0.0650. The smallest absolute Gasteiger partial charge is 0.317 e. The summed E-state index contributed by atoms with van der Waals surface area (Å²) in [5.74, 6) is 0. The first-order chi connectivity index (χ1) is 11.6. The first kappa shape index (κ1) is 18.0. The molecule has 0 unspecified atom stereocenters. The third-order valence-electron chi connectivity index (χ3n) is 5.74. The fourth-order valence-electron chi connectivity index (χ4n) is 4.55. The van der Waals surface area contributed by atoms with Crippen molar-refractivity contribution in [2.45, 2.75) is 63.7 Å². The fourth-order valence-corrected chi connectivity index (χ4v) is 4.55. The molecular weight excluding hydrogens is 306 g/mol. The number of morpholine rings is 2. The molecule has 2 saturated heterocycles. The molecule has 1 saturated carbocycles. The van der Waals surface area contributed by atoms with E-state index in [0.717, 1.165) is 32.8 Å². The number of nitrogens with zero attached hydrogens (tertiary/aromatic N) is 2. The number of ether oxygens (including phenoxy) is 2. The van der Waals surface area contributed by atoms with Crippen LogP contribution in [0.4, 0.5) is 4.79 Å². The molecule has 0 radical (unpaired) electrons. The van der Waals surface area contributed by atoms with E-state index in [1.807, 2.05) is 18.7 Å². The Morgan fingerprint density at radius 2 is 1.71 bits per heavy atom. The normalized spacial score (nSPS) is 31.7. The van der Waals surface area contributed by atoms with Gasteiger partial charge >= 0.3 is 6.03 Å². The van der Waals surface area contributed by atoms with Gasteiger partial charge in [-0.2, -0.15) is 0 Å². The summed E-state index contributed by atoms with van der Waals surface area (Å²) in [6.45, 7) is 9.79. The molecule has 1 N–H and O–H groups in total. The fraction of sp³-hybridized carbons (Fsp3) is 0.944. The van der Waals surface area contributed by atoms with Gasteiger partial charge in [-0.15, -0.1) is 0 Å². The van der Waals surface area contributed by atoms with E-state index in [1.165, 1.54) is 32.1 Å². The molecule has 0 aromatic rings. The topological polar surface area (TPSA) is 54.0 Å². The van der Waals surface area contributed by atoms with Crippen molar-refractivity contribution in [3.63, 3.8) is 0 Å². The van der Waals surface area contributed by atoms with Gasteiger partial charge in [-0.3, -0.25) is 4.90 Å². The molecule has 24 heavy (non-hydrogen) atoms. The monoisotopic (exact) mass is 339 g/mol. The van der Waals surface area contributed by atoms with Crippen LogP contribution < -0.4 is 5.32 Å². The predicted octanol–water partition coefficient (Wildman–Crippen LogP) is 1.84. The van der Waals surface area contributed by atoms with Crippen molar-refractivity contribution in [3.8, 4) is 0 Å². The second kappa shape index (κ2) is 8.02. The second-order valence-corrected chi connectivity index (χ2v) is 7.71. The predicted molar refractivity (Wildman–Crippen MR) is 93.2 cm³/mol. The van der Waals surface area contributed by atoms with Gasteiger partial charge in [-0.25, -0.2) is 4.79 Å². The summed E-state index contributed by atoms with van der Waals surface area (Å²) in [6, 6.07) is 0.0650. The summed E-state index contributed by atoms with van der Waals surface area (Å²) in [6.07, 6.45) is 6.44. The Morgan fingerprint density at radius 1 is 1.08 bits per heavy atom. The summed E-state index contributed by atoms with van der Waals surface area (Å²) in [5, 5.41) is 3.25. The zero-order valence-electron chi connectivity index (χ0n) is 15.3. The zero-order valence-corrected chi connectivity index (χ0v) is 15.3. The molecule has 0 aromatic carbocycles. The summed E-state index contributed by atoms with van der Waals surface area (Å²) in [4.78, 5) is 17.2. The number of rotatable bonds is 3. The van der Waals surface area contributed by atoms with Crippen LogP contribution in [0.25, 0.3) is 0 Å². The van der Waals surface area contributed by atoms with Crippen molar-refractivity contribution in [2.24, 2.45) is 0 Å². The molecule has 6 nitrogen and oxygen atoms in total. The van der Waals surface area contributed by atoms with Crippen molar-refractivity contribution in [1.82, 2.24) is 15.1 Å². The molecule has 0 bridgehead atoms. The van der Waals surface area contributed by atoms with Gasteiger partial charge < -0.3 is 19.7 Å². The van der Waals surface area contributed by atoms with Gasteiger partial charge in [0.2, 0.25) is 0 Å². The number of urea groups is 1. The molecule has 0 aromatic heterocycles. The summed E-state index contributed by atoms with van der Waals surface area (Å²) < 4.78 is 11.3. The molecule has 0 spiro atoms. The SMILES string of the molecule is C[C@@H]1CN(C(=O)NCC2(N3CCOCC3)CCCCC2)C[C@H](C)O1.